The van der Waals surface area contributed by atoms with Crippen molar-refractivity contribution in [2.75, 3.05) is 0 Å². The number of ether oxygens (including phenoxy) is 1. The van der Waals surface area contributed by atoms with E-state index in [4.69, 9.17) is 10.5 Å². The molecule has 1 aliphatic carbocycles. The van der Waals surface area contributed by atoms with Gasteiger partial charge in [0, 0.05) is 6.04 Å². The Morgan fingerprint density at radius 1 is 1.05 bits per heavy atom. The summed E-state index contributed by atoms with van der Waals surface area (Å²) in [7, 11) is 0. The second-order valence-electron chi connectivity index (χ2n) is 5.47. The number of nitrogens with two attached hydrogens (primary N) is 1. The highest BCUT2D eigenvalue weighted by molar-refractivity contribution is 6.00. The monoisotopic (exact) mass is 293 g/mol. The molecule has 0 amide bonds. The zero-order chi connectivity index (χ0) is 15.4. The van der Waals surface area contributed by atoms with E-state index in [0.29, 0.717) is 5.57 Å². The zero-order valence-corrected chi connectivity index (χ0v) is 12.4. The summed E-state index contributed by atoms with van der Waals surface area (Å²) < 4.78 is 5.46. The Morgan fingerprint density at radius 2 is 1.68 bits per heavy atom. The van der Waals surface area contributed by atoms with Gasteiger partial charge in [0.05, 0.1) is 5.57 Å². The third-order valence-corrected chi connectivity index (χ3v) is 3.96. The topological polar surface area (TPSA) is 52.3 Å². The van der Waals surface area contributed by atoms with Crippen LogP contribution in [0.25, 0.3) is 5.57 Å². The Labute approximate surface area is 130 Å². The summed E-state index contributed by atoms with van der Waals surface area (Å²) in [4.78, 5) is 12.5. The van der Waals surface area contributed by atoms with Crippen molar-refractivity contribution in [3.8, 4) is 0 Å². The van der Waals surface area contributed by atoms with Crippen LogP contribution in [0.1, 0.15) is 24.0 Å². The standard InChI is InChI=1S/C19H19NO2/c20-17-12-11-16(15-9-5-2-6-10-15)18(17)19(21)22-13-14-7-3-1-4-8-14/h1-10,17H,11-13,20H2. The van der Waals surface area contributed by atoms with Gasteiger partial charge in [-0.3, -0.25) is 0 Å². The van der Waals surface area contributed by atoms with Gasteiger partial charge in [0.15, 0.2) is 0 Å². The number of carbonyl (C=O) groups is 1. The minimum absolute atomic E-state index is 0.238. The molecule has 112 valence electrons. The molecule has 3 heteroatoms. The Balaban J connectivity index is 1.79. The molecule has 0 radical (unpaired) electrons. The fraction of sp³-hybridized carbons (Fsp3) is 0.211. The van der Waals surface area contributed by atoms with Gasteiger partial charge in [0.25, 0.3) is 0 Å². The van der Waals surface area contributed by atoms with E-state index in [-0.39, 0.29) is 18.6 Å². The lowest BCUT2D eigenvalue weighted by Gasteiger charge is -2.12. The molecule has 3 rings (SSSR count). The molecule has 0 aromatic heterocycles. The van der Waals surface area contributed by atoms with Crippen molar-refractivity contribution in [1.29, 1.82) is 0 Å². The van der Waals surface area contributed by atoms with Crippen molar-refractivity contribution in [1.82, 2.24) is 0 Å². The number of carbonyl (C=O) groups excluding carboxylic acids is 1. The summed E-state index contributed by atoms with van der Waals surface area (Å²) in [6.45, 7) is 0.276. The average molecular weight is 293 g/mol. The van der Waals surface area contributed by atoms with Gasteiger partial charge < -0.3 is 10.5 Å². The number of allylic oxidation sites excluding steroid dienone is 1. The van der Waals surface area contributed by atoms with Crippen molar-refractivity contribution in [2.24, 2.45) is 5.73 Å². The van der Waals surface area contributed by atoms with Gasteiger partial charge in [-0.1, -0.05) is 60.7 Å². The molecule has 0 saturated carbocycles. The summed E-state index contributed by atoms with van der Waals surface area (Å²) in [5, 5.41) is 0. The van der Waals surface area contributed by atoms with Crippen molar-refractivity contribution in [3.05, 3.63) is 77.4 Å². The van der Waals surface area contributed by atoms with Crippen LogP contribution in [-0.4, -0.2) is 12.0 Å². The van der Waals surface area contributed by atoms with Crippen LogP contribution in [0.5, 0.6) is 0 Å². The summed E-state index contributed by atoms with van der Waals surface area (Å²) in [5.41, 5.74) is 9.80. The fourth-order valence-corrected chi connectivity index (χ4v) is 2.82. The van der Waals surface area contributed by atoms with E-state index in [1.54, 1.807) is 0 Å². The molecule has 2 aromatic carbocycles. The molecular formula is C19H19NO2. The number of rotatable bonds is 4. The Kier molecular flexibility index (Phi) is 4.35. The van der Waals surface area contributed by atoms with Crippen molar-refractivity contribution in [3.63, 3.8) is 0 Å². The normalized spacial score (nSPS) is 17.6. The van der Waals surface area contributed by atoms with Crippen LogP contribution >= 0.6 is 0 Å². The van der Waals surface area contributed by atoms with Gasteiger partial charge in [-0.15, -0.1) is 0 Å². The molecule has 0 spiro atoms. The molecule has 0 bridgehead atoms. The van der Waals surface area contributed by atoms with Gasteiger partial charge in [-0.2, -0.15) is 0 Å². The Morgan fingerprint density at radius 3 is 2.36 bits per heavy atom. The van der Waals surface area contributed by atoms with Crippen LogP contribution in [0.15, 0.2) is 66.2 Å². The SMILES string of the molecule is NC1CCC(c2ccccc2)=C1C(=O)OCc1ccccc1. The van der Waals surface area contributed by atoms with Crippen LogP contribution in [0.2, 0.25) is 0 Å². The van der Waals surface area contributed by atoms with E-state index in [1.165, 1.54) is 0 Å². The van der Waals surface area contributed by atoms with Crippen LogP contribution in [0.4, 0.5) is 0 Å². The van der Waals surface area contributed by atoms with Crippen LogP contribution < -0.4 is 5.73 Å². The van der Waals surface area contributed by atoms with E-state index in [0.717, 1.165) is 29.5 Å². The van der Waals surface area contributed by atoms with Crippen LogP contribution in [-0.2, 0) is 16.1 Å². The smallest absolute Gasteiger partial charge is 0.336 e. The highest BCUT2D eigenvalue weighted by Gasteiger charge is 2.29. The largest absolute Gasteiger partial charge is 0.457 e. The van der Waals surface area contributed by atoms with E-state index in [1.807, 2.05) is 60.7 Å². The summed E-state index contributed by atoms with van der Waals surface area (Å²) >= 11 is 0. The first-order valence-corrected chi connectivity index (χ1v) is 7.51. The molecule has 2 aromatic rings. The van der Waals surface area contributed by atoms with Gasteiger partial charge in [-0.05, 0) is 29.5 Å². The van der Waals surface area contributed by atoms with Crippen molar-refractivity contribution < 1.29 is 9.53 Å². The molecule has 0 fully saturated rings. The van der Waals surface area contributed by atoms with E-state index in [9.17, 15) is 4.79 Å². The predicted octanol–water partition coefficient (Wildman–Crippen LogP) is 3.30. The van der Waals surface area contributed by atoms with Gasteiger partial charge >= 0.3 is 5.97 Å². The van der Waals surface area contributed by atoms with Gasteiger partial charge in [0.2, 0.25) is 0 Å². The first-order valence-electron chi connectivity index (χ1n) is 7.51. The second kappa shape index (κ2) is 6.58. The lowest BCUT2D eigenvalue weighted by atomic mass is 10.0. The molecule has 1 atom stereocenters. The fourth-order valence-electron chi connectivity index (χ4n) is 2.82. The molecule has 3 nitrogen and oxygen atoms in total. The van der Waals surface area contributed by atoms with Crippen molar-refractivity contribution in [2.45, 2.75) is 25.5 Å². The minimum Gasteiger partial charge on any atom is -0.457 e. The zero-order valence-electron chi connectivity index (χ0n) is 12.4. The highest BCUT2D eigenvalue weighted by atomic mass is 16.5. The molecule has 0 saturated heterocycles. The lowest BCUT2D eigenvalue weighted by molar-refractivity contribution is -0.140. The molecule has 0 heterocycles. The molecule has 2 N–H and O–H groups in total. The Bertz CT molecular complexity index is 677. The average Bonchev–Trinajstić information content (AvgIpc) is 2.96. The third kappa shape index (κ3) is 3.10. The second-order valence-corrected chi connectivity index (χ2v) is 5.47. The lowest BCUT2D eigenvalue weighted by Crippen LogP contribution is -2.25. The summed E-state index contributed by atoms with van der Waals surface area (Å²) in [5.74, 6) is -0.298. The number of benzene rings is 2. The Hall–Kier alpha value is -2.39. The van der Waals surface area contributed by atoms with E-state index in [2.05, 4.69) is 0 Å². The highest BCUT2D eigenvalue weighted by Crippen LogP contribution is 2.33. The molecule has 1 unspecified atom stereocenters. The molecule has 1 aliphatic rings. The van der Waals surface area contributed by atoms with Gasteiger partial charge in [-0.25, -0.2) is 4.79 Å². The first-order chi connectivity index (χ1) is 10.8. The third-order valence-electron chi connectivity index (χ3n) is 3.96. The minimum atomic E-state index is -0.298. The number of hydrogen-bond acceptors (Lipinski definition) is 3. The van der Waals surface area contributed by atoms with Gasteiger partial charge in [0.1, 0.15) is 6.61 Å². The molecule has 0 aliphatic heterocycles. The van der Waals surface area contributed by atoms with E-state index < -0.39 is 0 Å². The predicted molar refractivity (Wildman–Crippen MR) is 86.8 cm³/mol. The molecular weight excluding hydrogens is 274 g/mol. The summed E-state index contributed by atoms with van der Waals surface area (Å²) in [6, 6.07) is 19.4. The van der Waals surface area contributed by atoms with Crippen LogP contribution in [0.3, 0.4) is 0 Å². The maximum absolute atomic E-state index is 12.5. The van der Waals surface area contributed by atoms with Crippen molar-refractivity contribution >= 4 is 11.5 Å². The van der Waals surface area contributed by atoms with Crippen LogP contribution in [0, 0.1) is 0 Å². The maximum atomic E-state index is 12.5. The quantitative estimate of drug-likeness (QED) is 0.880. The van der Waals surface area contributed by atoms with E-state index >= 15 is 0 Å². The summed E-state index contributed by atoms with van der Waals surface area (Å²) in [6.07, 6.45) is 1.61. The first kappa shape index (κ1) is 14.5. The number of esters is 1. The number of hydrogen-bond donors (Lipinski definition) is 1. The maximum Gasteiger partial charge on any atom is 0.336 e. The molecule has 22 heavy (non-hydrogen) atoms.